The number of amides is 1. The standard InChI is InChI=1S/C50H97NO4/c1-3-5-7-9-11-13-15-16-17-18-19-20-21-22-23-24-25-26-27-28-29-30-31-32-33-35-37-39-41-43-45-49(54)51-47(46-52)50(55)48(53)44-42-40-38-36-34-14-12-10-8-6-4-2/h10,12,36,38,47-48,50,52-53,55H,3-9,11,13-35,37,39-46H2,1-2H3,(H,51,54)/b12-10+,38-36+. The van der Waals surface area contributed by atoms with Crippen molar-refractivity contribution in [3.05, 3.63) is 24.3 Å². The summed E-state index contributed by atoms with van der Waals surface area (Å²) in [6.07, 6.45) is 56.2. The van der Waals surface area contributed by atoms with Crippen molar-refractivity contribution < 1.29 is 20.1 Å². The largest absolute Gasteiger partial charge is 0.394 e. The van der Waals surface area contributed by atoms with Gasteiger partial charge in [0.2, 0.25) is 5.91 Å². The second-order valence-electron chi connectivity index (χ2n) is 17.0. The molecule has 0 fully saturated rings. The van der Waals surface area contributed by atoms with Crippen LogP contribution in [-0.2, 0) is 4.79 Å². The molecule has 0 rings (SSSR count). The molecule has 5 nitrogen and oxygen atoms in total. The zero-order valence-corrected chi connectivity index (χ0v) is 37.1. The lowest BCUT2D eigenvalue weighted by atomic mass is 10.0. The highest BCUT2D eigenvalue weighted by atomic mass is 16.3. The SMILES string of the molecule is CCCC/C=C/CC/C=C/CCCC(O)C(O)C(CO)NC(=O)CCCCCCCCCCCCCCCCCCCCCCCCCCCCCCCC. The zero-order valence-electron chi connectivity index (χ0n) is 37.1. The van der Waals surface area contributed by atoms with Gasteiger partial charge in [0.1, 0.15) is 6.10 Å². The van der Waals surface area contributed by atoms with E-state index < -0.39 is 18.2 Å². The van der Waals surface area contributed by atoms with Gasteiger partial charge in [0.15, 0.2) is 0 Å². The van der Waals surface area contributed by atoms with Crippen molar-refractivity contribution in [3.63, 3.8) is 0 Å². The molecule has 0 aliphatic rings. The van der Waals surface area contributed by atoms with Gasteiger partial charge in [-0.25, -0.2) is 0 Å². The third-order valence-corrected chi connectivity index (χ3v) is 11.5. The first-order chi connectivity index (χ1) is 27.1. The second kappa shape index (κ2) is 45.5. The molecule has 5 heteroatoms. The lowest BCUT2D eigenvalue weighted by molar-refractivity contribution is -0.124. The molecule has 0 spiro atoms. The van der Waals surface area contributed by atoms with Gasteiger partial charge < -0.3 is 20.6 Å². The number of aliphatic hydroxyl groups excluding tert-OH is 3. The number of hydrogen-bond acceptors (Lipinski definition) is 4. The van der Waals surface area contributed by atoms with Gasteiger partial charge in [0.25, 0.3) is 0 Å². The Morgan fingerprint density at radius 2 is 0.745 bits per heavy atom. The average molecular weight is 776 g/mol. The van der Waals surface area contributed by atoms with E-state index in [9.17, 15) is 20.1 Å². The summed E-state index contributed by atoms with van der Waals surface area (Å²) < 4.78 is 0. The van der Waals surface area contributed by atoms with Crippen LogP contribution in [-0.4, -0.2) is 46.1 Å². The molecule has 3 unspecified atom stereocenters. The molecule has 0 aliphatic carbocycles. The average Bonchev–Trinajstić information content (AvgIpc) is 3.19. The first-order valence-corrected chi connectivity index (χ1v) is 24.6. The van der Waals surface area contributed by atoms with Crippen LogP contribution in [0.1, 0.15) is 264 Å². The van der Waals surface area contributed by atoms with E-state index in [0.29, 0.717) is 12.8 Å². The lowest BCUT2D eigenvalue weighted by Gasteiger charge is -2.26. The fourth-order valence-electron chi connectivity index (χ4n) is 7.70. The van der Waals surface area contributed by atoms with Gasteiger partial charge in [-0.05, 0) is 44.9 Å². The van der Waals surface area contributed by atoms with Gasteiger partial charge in [0, 0.05) is 6.42 Å². The lowest BCUT2D eigenvalue weighted by Crippen LogP contribution is -2.50. The van der Waals surface area contributed by atoms with Gasteiger partial charge >= 0.3 is 0 Å². The van der Waals surface area contributed by atoms with E-state index in [0.717, 1.165) is 51.4 Å². The highest BCUT2D eigenvalue weighted by Crippen LogP contribution is 2.17. The minimum atomic E-state index is -1.16. The van der Waals surface area contributed by atoms with E-state index in [2.05, 4.69) is 43.5 Å². The minimum Gasteiger partial charge on any atom is -0.394 e. The van der Waals surface area contributed by atoms with Crippen LogP contribution in [0.3, 0.4) is 0 Å². The summed E-state index contributed by atoms with van der Waals surface area (Å²) in [4.78, 5) is 12.4. The summed E-state index contributed by atoms with van der Waals surface area (Å²) in [6.45, 7) is 4.13. The van der Waals surface area contributed by atoms with E-state index in [1.807, 2.05) is 0 Å². The summed E-state index contributed by atoms with van der Waals surface area (Å²) in [6, 6.07) is -0.828. The van der Waals surface area contributed by atoms with Crippen molar-refractivity contribution in [2.75, 3.05) is 6.61 Å². The van der Waals surface area contributed by atoms with Crippen LogP contribution in [0.15, 0.2) is 24.3 Å². The van der Waals surface area contributed by atoms with Crippen molar-refractivity contribution in [1.82, 2.24) is 5.32 Å². The van der Waals surface area contributed by atoms with E-state index in [1.54, 1.807) is 0 Å². The molecule has 0 radical (unpaired) electrons. The van der Waals surface area contributed by atoms with Crippen LogP contribution in [0.5, 0.6) is 0 Å². The first-order valence-electron chi connectivity index (χ1n) is 24.6. The van der Waals surface area contributed by atoms with Crippen molar-refractivity contribution in [2.45, 2.75) is 283 Å². The number of hydrogen-bond donors (Lipinski definition) is 4. The Hall–Kier alpha value is -1.17. The van der Waals surface area contributed by atoms with Crippen molar-refractivity contribution in [3.8, 4) is 0 Å². The monoisotopic (exact) mass is 776 g/mol. The predicted octanol–water partition coefficient (Wildman–Crippen LogP) is 14.6. The summed E-state index contributed by atoms with van der Waals surface area (Å²) in [5.74, 6) is -0.155. The minimum absolute atomic E-state index is 0.155. The molecule has 1 amide bonds. The van der Waals surface area contributed by atoms with Gasteiger partial charge in [0.05, 0.1) is 18.8 Å². The highest BCUT2D eigenvalue weighted by molar-refractivity contribution is 5.76. The van der Waals surface area contributed by atoms with Crippen LogP contribution in [0.2, 0.25) is 0 Å². The smallest absolute Gasteiger partial charge is 0.220 e. The number of aliphatic hydroxyl groups is 3. The van der Waals surface area contributed by atoms with Crippen LogP contribution in [0.4, 0.5) is 0 Å². The van der Waals surface area contributed by atoms with Crippen molar-refractivity contribution in [1.29, 1.82) is 0 Å². The Morgan fingerprint density at radius 1 is 0.436 bits per heavy atom. The molecule has 0 aromatic rings. The number of rotatable bonds is 45. The topological polar surface area (TPSA) is 89.8 Å². The number of unbranched alkanes of at least 4 members (excludes halogenated alkanes) is 33. The van der Waals surface area contributed by atoms with Crippen LogP contribution < -0.4 is 5.32 Å². The number of carbonyl (C=O) groups excluding carboxylic acids is 1. The third-order valence-electron chi connectivity index (χ3n) is 11.5. The van der Waals surface area contributed by atoms with Gasteiger partial charge in [-0.15, -0.1) is 0 Å². The van der Waals surface area contributed by atoms with E-state index in [-0.39, 0.29) is 12.5 Å². The van der Waals surface area contributed by atoms with Crippen molar-refractivity contribution in [2.24, 2.45) is 0 Å². The number of allylic oxidation sites excluding steroid dienone is 4. The Balaban J connectivity index is 3.48. The fraction of sp³-hybridized carbons (Fsp3) is 0.900. The maximum Gasteiger partial charge on any atom is 0.220 e. The summed E-state index contributed by atoms with van der Waals surface area (Å²) >= 11 is 0. The summed E-state index contributed by atoms with van der Waals surface area (Å²) in [5.41, 5.74) is 0. The molecule has 0 aromatic carbocycles. The molecule has 0 saturated carbocycles. The quantitative estimate of drug-likeness (QED) is 0.0366. The third kappa shape index (κ3) is 40.8. The zero-order chi connectivity index (χ0) is 40.1. The molecule has 326 valence electrons. The highest BCUT2D eigenvalue weighted by Gasteiger charge is 2.26. The van der Waals surface area contributed by atoms with Crippen LogP contribution in [0, 0.1) is 0 Å². The molecule has 0 saturated heterocycles. The van der Waals surface area contributed by atoms with E-state index in [4.69, 9.17) is 0 Å². The Bertz CT molecular complexity index is 814. The molecule has 55 heavy (non-hydrogen) atoms. The molecule has 0 aliphatic heterocycles. The number of nitrogens with one attached hydrogen (secondary N) is 1. The van der Waals surface area contributed by atoms with Crippen molar-refractivity contribution >= 4 is 5.91 Å². The normalized spacial score (nSPS) is 13.6. The molecular weight excluding hydrogens is 679 g/mol. The van der Waals surface area contributed by atoms with E-state index >= 15 is 0 Å². The molecule has 0 aromatic heterocycles. The maximum absolute atomic E-state index is 12.4. The molecule has 3 atom stereocenters. The second-order valence-corrected chi connectivity index (χ2v) is 17.0. The maximum atomic E-state index is 12.4. The van der Waals surface area contributed by atoms with Crippen LogP contribution in [0.25, 0.3) is 0 Å². The Kier molecular flexibility index (Phi) is 44.6. The van der Waals surface area contributed by atoms with Crippen LogP contribution >= 0.6 is 0 Å². The molecular formula is C50H97NO4. The first kappa shape index (κ1) is 53.8. The summed E-state index contributed by atoms with van der Waals surface area (Å²) in [5, 5.41) is 33.4. The Labute approximate surface area is 343 Å². The Morgan fingerprint density at radius 3 is 1.09 bits per heavy atom. The van der Waals surface area contributed by atoms with Gasteiger partial charge in [-0.1, -0.05) is 237 Å². The molecule has 0 bridgehead atoms. The molecule has 4 N–H and O–H groups in total. The predicted molar refractivity (Wildman–Crippen MR) is 241 cm³/mol. The van der Waals surface area contributed by atoms with Gasteiger partial charge in [-0.2, -0.15) is 0 Å². The molecule has 0 heterocycles. The fourth-order valence-corrected chi connectivity index (χ4v) is 7.70. The van der Waals surface area contributed by atoms with E-state index in [1.165, 1.54) is 186 Å². The summed E-state index contributed by atoms with van der Waals surface area (Å²) in [7, 11) is 0. The number of carbonyl (C=O) groups is 1. The van der Waals surface area contributed by atoms with Gasteiger partial charge in [-0.3, -0.25) is 4.79 Å².